The fourth-order valence-electron chi connectivity index (χ4n) is 5.72. The normalized spacial score (nSPS) is 30.4. The van der Waals surface area contributed by atoms with Gasteiger partial charge in [-0.3, -0.25) is 0 Å². The molecule has 3 unspecified atom stereocenters. The van der Waals surface area contributed by atoms with Crippen molar-refractivity contribution in [2.45, 2.75) is 75.0 Å². The molecular weight excluding hydrogens is 497 g/mol. The molecule has 0 amide bonds. The summed E-state index contributed by atoms with van der Waals surface area (Å²) in [5.74, 6) is -2.11. The van der Waals surface area contributed by atoms with Gasteiger partial charge in [0.15, 0.2) is 11.6 Å². The average Bonchev–Trinajstić information content (AvgIpc) is 3.19. The van der Waals surface area contributed by atoms with Crippen molar-refractivity contribution >= 4 is 11.0 Å². The number of halogens is 5. The quantitative estimate of drug-likeness (QED) is 0.416. The van der Waals surface area contributed by atoms with Gasteiger partial charge in [0, 0.05) is 24.2 Å². The first-order valence-corrected chi connectivity index (χ1v) is 12.1. The van der Waals surface area contributed by atoms with Crippen molar-refractivity contribution in [1.29, 1.82) is 0 Å². The molecule has 5 rings (SSSR count). The lowest BCUT2D eigenvalue weighted by Crippen LogP contribution is -2.53. The molecule has 1 aliphatic heterocycles. The van der Waals surface area contributed by atoms with E-state index >= 15 is 0 Å². The van der Waals surface area contributed by atoms with Gasteiger partial charge in [-0.1, -0.05) is 6.07 Å². The molecule has 0 spiro atoms. The summed E-state index contributed by atoms with van der Waals surface area (Å²) < 4.78 is 76.5. The summed E-state index contributed by atoms with van der Waals surface area (Å²) in [6.07, 6.45) is -2.31. The molecule has 3 atom stereocenters. The maximum absolute atomic E-state index is 14.0. The van der Waals surface area contributed by atoms with E-state index in [4.69, 9.17) is 4.74 Å². The van der Waals surface area contributed by atoms with Crippen LogP contribution in [0.2, 0.25) is 0 Å². The Morgan fingerprint density at radius 2 is 1.81 bits per heavy atom. The SMILES string of the molecule is CC1CC(O)(c2ccc(F)c(F)c2)CC(COc2cc(C(F)(F)F)c3c(c2)ncn3C2CC(C)(O)C2)N1. The van der Waals surface area contributed by atoms with E-state index in [0.29, 0.717) is 12.8 Å². The minimum atomic E-state index is -4.66. The Labute approximate surface area is 210 Å². The molecule has 1 saturated heterocycles. The number of hydrogen-bond donors (Lipinski definition) is 3. The lowest BCUT2D eigenvalue weighted by atomic mass is 9.77. The number of nitrogens with one attached hydrogen (secondary N) is 1. The highest BCUT2D eigenvalue weighted by atomic mass is 19.4. The standard InChI is InChI=1S/C26H28F5N3O3/c1-14-8-25(36,15-3-4-20(27)21(28)5-15)9-16(33-14)12-37-18-6-19(26(29,30)31)23-22(7-18)32-13-34(23)17-10-24(2,35)11-17/h3-7,13-14,16-17,33,35-36H,8-12H2,1-2H3. The van der Waals surface area contributed by atoms with E-state index in [9.17, 15) is 32.2 Å². The topological polar surface area (TPSA) is 79.5 Å². The van der Waals surface area contributed by atoms with Gasteiger partial charge in [0.2, 0.25) is 0 Å². The zero-order valence-corrected chi connectivity index (χ0v) is 20.3. The van der Waals surface area contributed by atoms with E-state index in [0.717, 1.165) is 18.2 Å². The van der Waals surface area contributed by atoms with Gasteiger partial charge in [-0.05, 0) is 63.3 Å². The number of benzene rings is 2. The smallest absolute Gasteiger partial charge is 0.418 e. The Kier molecular flexibility index (Phi) is 6.24. The minimum Gasteiger partial charge on any atom is -0.492 e. The van der Waals surface area contributed by atoms with E-state index in [1.54, 1.807) is 6.92 Å². The number of nitrogens with zero attached hydrogens (tertiary/aromatic N) is 2. The zero-order chi connectivity index (χ0) is 26.8. The number of aliphatic hydroxyl groups is 2. The average molecular weight is 526 g/mol. The lowest BCUT2D eigenvalue weighted by molar-refractivity contribution is -0.136. The molecule has 2 heterocycles. The Morgan fingerprint density at radius 3 is 2.46 bits per heavy atom. The molecule has 0 bridgehead atoms. The van der Waals surface area contributed by atoms with Gasteiger partial charge in [0.25, 0.3) is 0 Å². The summed E-state index contributed by atoms with van der Waals surface area (Å²) in [4.78, 5) is 4.17. The lowest BCUT2D eigenvalue weighted by Gasteiger charge is -2.42. The van der Waals surface area contributed by atoms with Gasteiger partial charge in [-0.25, -0.2) is 13.8 Å². The van der Waals surface area contributed by atoms with Crippen LogP contribution >= 0.6 is 0 Å². The fraction of sp³-hybridized carbons (Fsp3) is 0.500. The van der Waals surface area contributed by atoms with Crippen molar-refractivity contribution in [1.82, 2.24) is 14.9 Å². The third-order valence-electron chi connectivity index (χ3n) is 7.35. The van der Waals surface area contributed by atoms with Crippen molar-refractivity contribution in [3.63, 3.8) is 0 Å². The van der Waals surface area contributed by atoms with Crippen LogP contribution < -0.4 is 10.1 Å². The molecule has 3 N–H and O–H groups in total. The largest absolute Gasteiger partial charge is 0.492 e. The van der Waals surface area contributed by atoms with Crippen LogP contribution in [0, 0.1) is 11.6 Å². The first-order valence-electron chi connectivity index (χ1n) is 12.1. The molecule has 2 aromatic carbocycles. The summed E-state index contributed by atoms with van der Waals surface area (Å²) >= 11 is 0. The van der Waals surface area contributed by atoms with Gasteiger partial charge >= 0.3 is 6.18 Å². The third kappa shape index (κ3) is 5.04. The monoisotopic (exact) mass is 525 g/mol. The van der Waals surface area contributed by atoms with Gasteiger partial charge in [-0.15, -0.1) is 0 Å². The number of aromatic nitrogens is 2. The number of imidazole rings is 1. The summed E-state index contributed by atoms with van der Waals surface area (Å²) in [6.45, 7) is 3.40. The van der Waals surface area contributed by atoms with Gasteiger partial charge < -0.3 is 24.8 Å². The molecule has 1 aromatic heterocycles. The molecule has 1 saturated carbocycles. The van der Waals surface area contributed by atoms with Crippen LogP contribution in [0.25, 0.3) is 11.0 Å². The maximum Gasteiger partial charge on any atom is 0.418 e. The first kappa shape index (κ1) is 25.9. The summed E-state index contributed by atoms with van der Waals surface area (Å²) in [6, 6.07) is 4.65. The van der Waals surface area contributed by atoms with Crippen LogP contribution in [-0.2, 0) is 11.8 Å². The number of rotatable bonds is 5. The van der Waals surface area contributed by atoms with Crippen molar-refractivity contribution in [3.05, 3.63) is 59.4 Å². The molecule has 11 heteroatoms. The maximum atomic E-state index is 14.0. The number of hydrogen-bond acceptors (Lipinski definition) is 5. The number of alkyl halides is 3. The Hall–Kier alpha value is -2.76. The van der Waals surface area contributed by atoms with E-state index in [1.165, 1.54) is 23.0 Å². The Bertz CT molecular complexity index is 1320. The number of fused-ring (bicyclic) bond motifs is 1. The highest BCUT2D eigenvalue weighted by Crippen LogP contribution is 2.45. The molecule has 1 aliphatic carbocycles. The van der Waals surface area contributed by atoms with Crippen LogP contribution in [0.15, 0.2) is 36.7 Å². The summed E-state index contributed by atoms with van der Waals surface area (Å²) in [5, 5.41) is 24.5. The van der Waals surface area contributed by atoms with Crippen molar-refractivity contribution in [3.8, 4) is 5.75 Å². The van der Waals surface area contributed by atoms with E-state index < -0.39 is 40.6 Å². The second-order valence-electron chi connectivity index (χ2n) is 10.7. The second-order valence-corrected chi connectivity index (χ2v) is 10.7. The van der Waals surface area contributed by atoms with Crippen LogP contribution in [0.4, 0.5) is 22.0 Å². The fourth-order valence-corrected chi connectivity index (χ4v) is 5.72. The van der Waals surface area contributed by atoms with E-state index in [-0.39, 0.29) is 53.9 Å². The molecule has 0 radical (unpaired) electrons. The minimum absolute atomic E-state index is 0.0259. The molecule has 3 aromatic rings. The predicted molar refractivity (Wildman–Crippen MR) is 125 cm³/mol. The number of piperidine rings is 1. The molecule has 2 fully saturated rings. The van der Waals surface area contributed by atoms with Crippen LogP contribution in [-0.4, -0.2) is 44.1 Å². The van der Waals surface area contributed by atoms with Gasteiger partial charge in [-0.2, -0.15) is 13.2 Å². The highest BCUT2D eigenvalue weighted by molar-refractivity contribution is 5.82. The summed E-state index contributed by atoms with van der Waals surface area (Å²) in [5.41, 5.74) is -2.96. The van der Waals surface area contributed by atoms with Crippen molar-refractivity contribution in [2.75, 3.05) is 6.61 Å². The van der Waals surface area contributed by atoms with Gasteiger partial charge in [0.1, 0.15) is 12.4 Å². The Morgan fingerprint density at radius 1 is 1.08 bits per heavy atom. The van der Waals surface area contributed by atoms with E-state index in [1.807, 2.05) is 6.92 Å². The van der Waals surface area contributed by atoms with E-state index in [2.05, 4.69) is 10.3 Å². The van der Waals surface area contributed by atoms with Crippen LogP contribution in [0.3, 0.4) is 0 Å². The second kappa shape index (κ2) is 8.92. The molecule has 6 nitrogen and oxygen atoms in total. The summed E-state index contributed by atoms with van der Waals surface area (Å²) in [7, 11) is 0. The Balaban J connectivity index is 1.37. The van der Waals surface area contributed by atoms with Crippen LogP contribution in [0.5, 0.6) is 5.75 Å². The zero-order valence-electron chi connectivity index (χ0n) is 20.3. The third-order valence-corrected chi connectivity index (χ3v) is 7.35. The van der Waals surface area contributed by atoms with Gasteiger partial charge in [0.05, 0.1) is 34.1 Å². The van der Waals surface area contributed by atoms with Crippen molar-refractivity contribution in [2.24, 2.45) is 0 Å². The first-order chi connectivity index (χ1) is 17.2. The molecular formula is C26H28F5N3O3. The molecule has 200 valence electrons. The highest BCUT2D eigenvalue weighted by Gasteiger charge is 2.43. The molecule has 2 aliphatic rings. The predicted octanol–water partition coefficient (Wildman–Crippen LogP) is 4.83. The van der Waals surface area contributed by atoms with Crippen LogP contribution in [0.1, 0.15) is 56.7 Å². The molecule has 37 heavy (non-hydrogen) atoms. The van der Waals surface area contributed by atoms with Crippen molar-refractivity contribution < 1.29 is 36.9 Å². The number of ether oxygens (including phenoxy) is 1.